The normalized spacial score (nSPS) is 19.3. The van der Waals surface area contributed by atoms with Crippen LogP contribution in [0.5, 0.6) is 0 Å². The molecule has 0 amide bonds. The first-order chi connectivity index (χ1) is 13.7. The van der Waals surface area contributed by atoms with Crippen molar-refractivity contribution < 1.29 is 12.8 Å². The average Bonchev–Trinajstić information content (AvgIpc) is 3.30. The van der Waals surface area contributed by atoms with Crippen molar-refractivity contribution in [2.24, 2.45) is 11.8 Å². The molecule has 5 nitrogen and oxygen atoms in total. The van der Waals surface area contributed by atoms with E-state index < -0.39 is 10.0 Å². The molecule has 0 aliphatic carbocycles. The molecule has 7 heteroatoms. The van der Waals surface area contributed by atoms with Crippen LogP contribution < -0.4 is 0 Å². The van der Waals surface area contributed by atoms with E-state index in [2.05, 4.69) is 19.1 Å². The van der Waals surface area contributed by atoms with Crippen LogP contribution in [0, 0.1) is 30.1 Å². The van der Waals surface area contributed by atoms with Crippen molar-refractivity contribution in [1.82, 2.24) is 4.31 Å². The number of allylic oxidation sites excluding steroid dienone is 1. The molecule has 1 aromatic carbocycles. The van der Waals surface area contributed by atoms with E-state index in [0.717, 1.165) is 28.9 Å². The van der Waals surface area contributed by atoms with E-state index in [1.54, 1.807) is 22.7 Å². The van der Waals surface area contributed by atoms with Gasteiger partial charge in [0.1, 0.15) is 11.8 Å². The molecule has 3 rings (SSSR count). The zero-order valence-corrected chi connectivity index (χ0v) is 18.4. The SMILES string of the molecule is Cc1ccoc1C/C(=C\c1ccc(C#N)c(Cl)c1)[C@H](C)C1CCN(S(C)(=O)=O)C1. The van der Waals surface area contributed by atoms with Gasteiger partial charge in [-0.25, -0.2) is 12.7 Å². The molecular weight excluding hydrogens is 408 g/mol. The highest BCUT2D eigenvalue weighted by Crippen LogP contribution is 2.34. The maximum Gasteiger partial charge on any atom is 0.211 e. The fourth-order valence-corrected chi connectivity index (χ4v) is 4.94. The van der Waals surface area contributed by atoms with E-state index in [4.69, 9.17) is 21.3 Å². The lowest BCUT2D eigenvalue weighted by Gasteiger charge is -2.23. The van der Waals surface area contributed by atoms with Gasteiger partial charge < -0.3 is 4.42 Å². The van der Waals surface area contributed by atoms with Gasteiger partial charge >= 0.3 is 0 Å². The van der Waals surface area contributed by atoms with E-state index >= 15 is 0 Å². The van der Waals surface area contributed by atoms with Gasteiger partial charge in [-0.1, -0.05) is 36.2 Å². The zero-order valence-electron chi connectivity index (χ0n) is 16.9. The standard InChI is InChI=1S/C22H25ClN2O3S/c1-15-7-9-28-22(15)12-20(10-17-4-5-18(13-24)21(23)11-17)16(2)19-6-8-25(14-19)29(3,26)27/h4-5,7,9-11,16,19H,6,8,12,14H2,1-3H3/b20-10+/t16-,19?/m1/s1. The van der Waals surface area contributed by atoms with Gasteiger partial charge in [-0.05, 0) is 54.5 Å². The van der Waals surface area contributed by atoms with Gasteiger partial charge in [0.25, 0.3) is 0 Å². The second-order valence-corrected chi connectivity index (χ2v) is 10.1. The van der Waals surface area contributed by atoms with Crippen molar-refractivity contribution in [2.45, 2.75) is 26.7 Å². The van der Waals surface area contributed by atoms with Gasteiger partial charge in [0, 0.05) is 19.5 Å². The lowest BCUT2D eigenvalue weighted by atomic mass is 9.83. The van der Waals surface area contributed by atoms with E-state index in [0.29, 0.717) is 30.1 Å². The number of hydrogen-bond donors (Lipinski definition) is 0. The van der Waals surface area contributed by atoms with Crippen molar-refractivity contribution in [2.75, 3.05) is 19.3 Å². The molecule has 0 N–H and O–H groups in total. The van der Waals surface area contributed by atoms with Crippen molar-refractivity contribution >= 4 is 27.7 Å². The Morgan fingerprint density at radius 1 is 1.45 bits per heavy atom. The quantitative estimate of drug-likeness (QED) is 0.665. The van der Waals surface area contributed by atoms with Crippen LogP contribution in [-0.2, 0) is 16.4 Å². The van der Waals surface area contributed by atoms with Gasteiger partial charge in [0.15, 0.2) is 0 Å². The minimum absolute atomic E-state index is 0.167. The zero-order chi connectivity index (χ0) is 21.2. The molecule has 1 unspecified atom stereocenters. The first kappa shape index (κ1) is 21.6. The van der Waals surface area contributed by atoms with Crippen LogP contribution in [0.3, 0.4) is 0 Å². The summed E-state index contributed by atoms with van der Waals surface area (Å²) in [6.07, 6.45) is 6.51. The molecule has 154 valence electrons. The molecule has 1 aromatic heterocycles. The maximum absolute atomic E-state index is 11.9. The van der Waals surface area contributed by atoms with Gasteiger partial charge in [-0.2, -0.15) is 5.26 Å². The molecule has 0 spiro atoms. The Kier molecular flexibility index (Phi) is 6.52. The Balaban J connectivity index is 1.92. The predicted octanol–water partition coefficient (Wildman–Crippen LogP) is 4.66. The Morgan fingerprint density at radius 3 is 2.76 bits per heavy atom. The summed E-state index contributed by atoms with van der Waals surface area (Å²) in [6, 6.07) is 9.41. The number of aryl methyl sites for hydroxylation is 1. The number of nitriles is 1. The molecule has 2 heterocycles. The number of furan rings is 1. The van der Waals surface area contributed by atoms with E-state index in [-0.39, 0.29) is 11.8 Å². The summed E-state index contributed by atoms with van der Waals surface area (Å²) in [5.74, 6) is 1.31. The van der Waals surface area contributed by atoms with Crippen molar-refractivity contribution in [1.29, 1.82) is 5.26 Å². The highest BCUT2D eigenvalue weighted by atomic mass is 35.5. The van der Waals surface area contributed by atoms with Crippen LogP contribution in [-0.4, -0.2) is 32.1 Å². The molecule has 1 aliphatic heterocycles. The summed E-state index contributed by atoms with van der Waals surface area (Å²) in [6.45, 7) is 5.25. The van der Waals surface area contributed by atoms with Crippen LogP contribution in [0.4, 0.5) is 0 Å². The third-order valence-corrected chi connectivity index (χ3v) is 7.33. The van der Waals surface area contributed by atoms with Crippen LogP contribution in [0.15, 0.2) is 40.5 Å². The number of benzene rings is 1. The van der Waals surface area contributed by atoms with Crippen LogP contribution in [0.1, 0.15) is 35.8 Å². The number of hydrogen-bond acceptors (Lipinski definition) is 4. The number of nitrogens with zero attached hydrogens (tertiary/aromatic N) is 2. The van der Waals surface area contributed by atoms with Crippen LogP contribution in [0.25, 0.3) is 6.08 Å². The number of sulfonamides is 1. The largest absolute Gasteiger partial charge is 0.469 e. The molecule has 2 atom stereocenters. The van der Waals surface area contributed by atoms with Gasteiger partial charge in [0.2, 0.25) is 10.0 Å². The van der Waals surface area contributed by atoms with Gasteiger partial charge in [-0.15, -0.1) is 0 Å². The van der Waals surface area contributed by atoms with Crippen molar-refractivity contribution in [3.05, 3.63) is 63.6 Å². The summed E-state index contributed by atoms with van der Waals surface area (Å²) in [7, 11) is -3.18. The summed E-state index contributed by atoms with van der Waals surface area (Å²) < 4.78 is 31.1. The maximum atomic E-state index is 11.9. The molecular formula is C22H25ClN2O3S. The highest BCUT2D eigenvalue weighted by Gasteiger charge is 2.33. The van der Waals surface area contributed by atoms with Crippen molar-refractivity contribution in [3.8, 4) is 6.07 Å². The lowest BCUT2D eigenvalue weighted by molar-refractivity contribution is 0.396. The second kappa shape index (κ2) is 8.74. The Morgan fingerprint density at radius 2 is 2.21 bits per heavy atom. The topological polar surface area (TPSA) is 74.3 Å². The summed E-state index contributed by atoms with van der Waals surface area (Å²) in [5.41, 5.74) is 3.60. The molecule has 1 aliphatic rings. The molecule has 0 radical (unpaired) electrons. The Hall–Kier alpha value is -2.07. The third-order valence-electron chi connectivity index (χ3n) is 5.75. The molecule has 1 fully saturated rings. The molecule has 29 heavy (non-hydrogen) atoms. The number of rotatable bonds is 6. The smallest absolute Gasteiger partial charge is 0.211 e. The molecule has 2 aromatic rings. The summed E-state index contributed by atoms with van der Waals surface area (Å²) in [4.78, 5) is 0. The summed E-state index contributed by atoms with van der Waals surface area (Å²) >= 11 is 6.21. The minimum atomic E-state index is -3.18. The highest BCUT2D eigenvalue weighted by molar-refractivity contribution is 7.88. The van der Waals surface area contributed by atoms with E-state index in [1.165, 1.54) is 6.26 Å². The first-order valence-electron chi connectivity index (χ1n) is 9.57. The average molecular weight is 433 g/mol. The first-order valence-corrected chi connectivity index (χ1v) is 11.8. The van der Waals surface area contributed by atoms with Gasteiger partial charge in [-0.3, -0.25) is 0 Å². The molecule has 1 saturated heterocycles. The molecule has 0 saturated carbocycles. The molecule has 0 bridgehead atoms. The van der Waals surface area contributed by atoms with Crippen LogP contribution >= 0.6 is 11.6 Å². The fourth-order valence-electron chi connectivity index (χ4n) is 3.81. The lowest BCUT2D eigenvalue weighted by Crippen LogP contribution is -2.28. The van der Waals surface area contributed by atoms with Crippen LogP contribution in [0.2, 0.25) is 5.02 Å². The van der Waals surface area contributed by atoms with E-state index in [1.807, 2.05) is 19.1 Å². The predicted molar refractivity (Wildman–Crippen MR) is 115 cm³/mol. The second-order valence-electron chi connectivity index (χ2n) is 7.73. The van der Waals surface area contributed by atoms with E-state index in [9.17, 15) is 8.42 Å². The Bertz CT molecular complexity index is 1070. The van der Waals surface area contributed by atoms with Crippen molar-refractivity contribution in [3.63, 3.8) is 0 Å². The fraction of sp³-hybridized carbons (Fsp3) is 0.409. The minimum Gasteiger partial charge on any atom is -0.469 e. The summed E-state index contributed by atoms with van der Waals surface area (Å²) in [5, 5.41) is 9.52. The number of halogens is 1. The monoisotopic (exact) mass is 432 g/mol. The Labute approximate surface area is 177 Å². The van der Waals surface area contributed by atoms with Gasteiger partial charge in [0.05, 0.1) is 23.1 Å². The third kappa shape index (κ3) is 5.11.